The van der Waals surface area contributed by atoms with E-state index in [1.54, 1.807) is 0 Å². The number of carboxylic acids is 1. The van der Waals surface area contributed by atoms with Crippen LogP contribution >= 0.6 is 0 Å². The van der Waals surface area contributed by atoms with Gasteiger partial charge in [-0.05, 0) is 26.0 Å². The van der Waals surface area contributed by atoms with E-state index in [-0.39, 0.29) is 12.1 Å². The minimum Gasteiger partial charge on any atom is -0.480 e. The first-order valence-electron chi connectivity index (χ1n) is 5.46. The number of amides is 2. The number of halogens is 2. The quantitative estimate of drug-likeness (QED) is 0.779. The molecule has 1 aromatic carbocycles. The third-order valence-corrected chi connectivity index (χ3v) is 2.45. The molecule has 2 amide bonds. The van der Waals surface area contributed by atoms with Crippen LogP contribution in [-0.2, 0) is 11.3 Å². The van der Waals surface area contributed by atoms with E-state index in [0.717, 1.165) is 12.1 Å². The fourth-order valence-corrected chi connectivity index (χ4v) is 1.25. The molecular weight excluding hydrogens is 258 g/mol. The molecule has 5 nitrogen and oxygen atoms in total. The number of carbonyl (C=O) groups excluding carboxylic acids is 1. The minimum absolute atomic E-state index is 0.286. The van der Waals surface area contributed by atoms with Crippen molar-refractivity contribution in [2.24, 2.45) is 0 Å². The second-order valence-corrected chi connectivity index (χ2v) is 4.44. The molecule has 0 aromatic heterocycles. The summed E-state index contributed by atoms with van der Waals surface area (Å²) in [5, 5.41) is 13.2. The Labute approximate surface area is 108 Å². The lowest BCUT2D eigenvalue weighted by Crippen LogP contribution is -2.53. The first kappa shape index (κ1) is 14.9. The summed E-state index contributed by atoms with van der Waals surface area (Å²) in [6, 6.07) is 2.52. The van der Waals surface area contributed by atoms with E-state index in [2.05, 4.69) is 10.6 Å². The number of hydrogen-bond acceptors (Lipinski definition) is 2. The van der Waals surface area contributed by atoms with Crippen molar-refractivity contribution in [1.82, 2.24) is 10.6 Å². The van der Waals surface area contributed by atoms with Crippen molar-refractivity contribution in [2.45, 2.75) is 25.9 Å². The van der Waals surface area contributed by atoms with Gasteiger partial charge in [-0.2, -0.15) is 0 Å². The van der Waals surface area contributed by atoms with Gasteiger partial charge in [-0.15, -0.1) is 0 Å². The molecule has 0 saturated heterocycles. The highest BCUT2D eigenvalue weighted by Gasteiger charge is 2.28. The summed E-state index contributed by atoms with van der Waals surface area (Å²) in [7, 11) is 0. The van der Waals surface area contributed by atoms with Crippen LogP contribution in [0.4, 0.5) is 13.6 Å². The summed E-state index contributed by atoms with van der Waals surface area (Å²) < 4.78 is 26.5. The number of rotatable bonds is 4. The first-order chi connectivity index (χ1) is 8.74. The summed E-state index contributed by atoms with van der Waals surface area (Å²) in [6.07, 6.45) is 0. The fourth-order valence-electron chi connectivity index (χ4n) is 1.25. The normalized spacial score (nSPS) is 10.9. The van der Waals surface area contributed by atoms with Crippen LogP contribution in [0.2, 0.25) is 0 Å². The number of aliphatic carboxylic acids is 1. The van der Waals surface area contributed by atoms with Crippen LogP contribution in [0.15, 0.2) is 18.2 Å². The van der Waals surface area contributed by atoms with Gasteiger partial charge in [0.15, 0.2) is 0 Å². The third kappa shape index (κ3) is 3.90. The Morgan fingerprint density at radius 3 is 2.26 bits per heavy atom. The van der Waals surface area contributed by atoms with Gasteiger partial charge < -0.3 is 15.7 Å². The topological polar surface area (TPSA) is 78.4 Å². The molecule has 0 radical (unpaired) electrons. The Kier molecular flexibility index (Phi) is 4.42. The van der Waals surface area contributed by atoms with Crippen molar-refractivity contribution in [3.05, 3.63) is 35.4 Å². The highest BCUT2D eigenvalue weighted by Crippen LogP contribution is 2.11. The lowest BCUT2D eigenvalue weighted by Gasteiger charge is -2.21. The average Bonchev–Trinajstić information content (AvgIpc) is 2.27. The molecule has 0 aliphatic rings. The summed E-state index contributed by atoms with van der Waals surface area (Å²) in [5.74, 6) is -2.78. The smallest absolute Gasteiger partial charge is 0.328 e. The summed E-state index contributed by atoms with van der Waals surface area (Å²) in [4.78, 5) is 22.2. The standard InChI is InChI=1S/C12H14F2N2O3/c1-12(2,10(17)18)16-11(19)15-6-7-8(13)4-3-5-9(7)14/h3-5H,6H2,1-2H3,(H,17,18)(H2,15,16,19). The highest BCUT2D eigenvalue weighted by atomic mass is 19.1. The molecule has 0 heterocycles. The molecule has 104 valence electrons. The lowest BCUT2D eigenvalue weighted by atomic mass is 10.1. The Morgan fingerprint density at radius 1 is 1.26 bits per heavy atom. The van der Waals surface area contributed by atoms with Crippen molar-refractivity contribution >= 4 is 12.0 Å². The van der Waals surface area contributed by atoms with Gasteiger partial charge in [-0.25, -0.2) is 18.4 Å². The highest BCUT2D eigenvalue weighted by molar-refractivity contribution is 5.85. The predicted molar refractivity (Wildman–Crippen MR) is 63.4 cm³/mol. The van der Waals surface area contributed by atoms with Crippen molar-refractivity contribution in [2.75, 3.05) is 0 Å². The summed E-state index contributed by atoms with van der Waals surface area (Å²) >= 11 is 0. The molecular formula is C12H14F2N2O3. The molecule has 1 aromatic rings. The van der Waals surface area contributed by atoms with Gasteiger partial charge in [0.05, 0.1) is 6.54 Å². The third-order valence-electron chi connectivity index (χ3n) is 2.45. The van der Waals surface area contributed by atoms with Crippen LogP contribution in [0.3, 0.4) is 0 Å². The first-order valence-corrected chi connectivity index (χ1v) is 5.46. The molecule has 1 rings (SSSR count). The molecule has 19 heavy (non-hydrogen) atoms. The minimum atomic E-state index is -1.47. The van der Waals surface area contributed by atoms with Gasteiger partial charge in [0.25, 0.3) is 0 Å². The van der Waals surface area contributed by atoms with Crippen LogP contribution < -0.4 is 10.6 Å². The molecule has 7 heteroatoms. The van der Waals surface area contributed by atoms with E-state index >= 15 is 0 Å². The van der Waals surface area contributed by atoms with Crippen LogP contribution in [-0.4, -0.2) is 22.6 Å². The van der Waals surface area contributed by atoms with E-state index in [1.165, 1.54) is 19.9 Å². The molecule has 3 N–H and O–H groups in total. The second kappa shape index (κ2) is 5.64. The van der Waals surface area contributed by atoms with Gasteiger partial charge in [0.1, 0.15) is 17.2 Å². The summed E-state index contributed by atoms with van der Waals surface area (Å²) in [6.45, 7) is 2.21. The van der Waals surface area contributed by atoms with Gasteiger partial charge in [-0.3, -0.25) is 0 Å². The average molecular weight is 272 g/mol. The molecule has 0 unspecified atom stereocenters. The lowest BCUT2D eigenvalue weighted by molar-refractivity contribution is -0.142. The molecule has 0 fully saturated rings. The Bertz CT molecular complexity index is 483. The van der Waals surface area contributed by atoms with E-state index < -0.39 is 29.2 Å². The van der Waals surface area contributed by atoms with Crippen LogP contribution in [0.1, 0.15) is 19.4 Å². The number of benzene rings is 1. The molecule has 0 aliphatic heterocycles. The molecule has 0 aliphatic carbocycles. The van der Waals surface area contributed by atoms with Crippen LogP contribution in [0.25, 0.3) is 0 Å². The summed E-state index contributed by atoms with van der Waals surface area (Å²) in [5.41, 5.74) is -1.76. The van der Waals surface area contributed by atoms with Gasteiger partial charge >= 0.3 is 12.0 Å². The number of urea groups is 1. The van der Waals surface area contributed by atoms with Crippen molar-refractivity contribution in [1.29, 1.82) is 0 Å². The van der Waals surface area contributed by atoms with Crippen molar-refractivity contribution in [3.63, 3.8) is 0 Å². The Hall–Kier alpha value is -2.18. The maximum Gasteiger partial charge on any atom is 0.328 e. The zero-order chi connectivity index (χ0) is 14.6. The molecule has 0 atom stereocenters. The Balaban J connectivity index is 2.63. The van der Waals surface area contributed by atoms with Gasteiger partial charge in [-0.1, -0.05) is 6.07 Å². The van der Waals surface area contributed by atoms with Crippen molar-refractivity contribution in [3.8, 4) is 0 Å². The zero-order valence-electron chi connectivity index (χ0n) is 10.5. The van der Waals surface area contributed by atoms with E-state index in [4.69, 9.17) is 5.11 Å². The van der Waals surface area contributed by atoms with Gasteiger partial charge in [0, 0.05) is 5.56 Å². The zero-order valence-corrected chi connectivity index (χ0v) is 10.5. The molecule has 0 bridgehead atoms. The molecule has 0 spiro atoms. The number of carboxylic acid groups (broad SMARTS) is 1. The maximum atomic E-state index is 13.3. The number of hydrogen-bond donors (Lipinski definition) is 3. The Morgan fingerprint density at radius 2 is 1.79 bits per heavy atom. The second-order valence-electron chi connectivity index (χ2n) is 4.44. The van der Waals surface area contributed by atoms with E-state index in [0.29, 0.717) is 0 Å². The van der Waals surface area contributed by atoms with E-state index in [9.17, 15) is 18.4 Å². The van der Waals surface area contributed by atoms with Crippen LogP contribution in [0.5, 0.6) is 0 Å². The SMILES string of the molecule is CC(C)(NC(=O)NCc1c(F)cccc1F)C(=O)O. The van der Waals surface area contributed by atoms with Gasteiger partial charge in [0.2, 0.25) is 0 Å². The number of nitrogens with one attached hydrogen (secondary N) is 2. The maximum absolute atomic E-state index is 13.3. The van der Waals surface area contributed by atoms with E-state index in [1.807, 2.05) is 0 Å². The predicted octanol–water partition coefficient (Wildman–Crippen LogP) is 1.63. The monoisotopic (exact) mass is 272 g/mol. The molecule has 0 saturated carbocycles. The number of carbonyl (C=O) groups is 2. The van der Waals surface area contributed by atoms with Crippen LogP contribution in [0, 0.1) is 11.6 Å². The largest absolute Gasteiger partial charge is 0.480 e. The van der Waals surface area contributed by atoms with Crippen molar-refractivity contribution < 1.29 is 23.5 Å². The fraction of sp³-hybridized carbons (Fsp3) is 0.333.